The Morgan fingerprint density at radius 3 is 2.50 bits per heavy atom. The largest absolute Gasteiger partial charge is 0.332 e. The van der Waals surface area contributed by atoms with Gasteiger partial charge in [0.15, 0.2) is 5.11 Å². The summed E-state index contributed by atoms with van der Waals surface area (Å²) < 4.78 is 1.89. The summed E-state index contributed by atoms with van der Waals surface area (Å²) in [5, 5.41) is 11.4. The second-order valence-corrected chi connectivity index (χ2v) is 5.77. The fourth-order valence-corrected chi connectivity index (χ4v) is 2.45. The first-order valence-electron chi connectivity index (χ1n) is 7.83. The number of thiocarbonyl (C=S) groups is 1. The Morgan fingerprint density at radius 2 is 1.91 bits per heavy atom. The molecular weight excluding hydrogens is 292 g/mol. The van der Waals surface area contributed by atoms with Crippen LogP contribution in [0.5, 0.6) is 0 Å². The lowest BCUT2D eigenvalue weighted by molar-refractivity contribution is 0.653. The van der Waals surface area contributed by atoms with Gasteiger partial charge in [-0.1, -0.05) is 25.5 Å². The smallest absolute Gasteiger partial charge is 0.175 e. The van der Waals surface area contributed by atoms with E-state index in [-0.39, 0.29) is 0 Å². The van der Waals surface area contributed by atoms with E-state index in [2.05, 4.69) is 53.8 Å². The summed E-state index contributed by atoms with van der Waals surface area (Å²) in [6, 6.07) is 8.45. The lowest BCUT2D eigenvalue weighted by Gasteiger charge is -2.10. The van der Waals surface area contributed by atoms with Crippen LogP contribution >= 0.6 is 12.2 Å². The second-order valence-electron chi connectivity index (χ2n) is 5.36. The lowest BCUT2D eigenvalue weighted by Crippen LogP contribution is -2.19. The number of nitrogens with one attached hydrogen (secondary N) is 2. The number of anilines is 2. The van der Waals surface area contributed by atoms with Gasteiger partial charge in [-0.15, -0.1) is 0 Å². The molecule has 1 aromatic carbocycles. The molecule has 0 aliphatic rings. The fourth-order valence-electron chi connectivity index (χ4n) is 2.22. The number of unbranched alkanes of at least 4 members (excludes halogenated alkanes) is 1. The SMILES string of the molecule is CCCCc1ccc(NC(=S)Nc2cn(CC)nc2C)cc1. The fraction of sp³-hybridized carbons (Fsp3) is 0.412. The van der Waals surface area contributed by atoms with Gasteiger partial charge in [0.2, 0.25) is 0 Å². The summed E-state index contributed by atoms with van der Waals surface area (Å²) in [5.41, 5.74) is 4.25. The maximum absolute atomic E-state index is 5.37. The standard InChI is InChI=1S/C17H24N4S/c1-4-6-7-14-8-10-15(11-9-14)18-17(22)19-16-12-21(5-2)20-13(16)3/h8-12H,4-7H2,1-3H3,(H2,18,19,22). The molecular formula is C17H24N4S. The zero-order valence-corrected chi connectivity index (χ0v) is 14.3. The van der Waals surface area contributed by atoms with E-state index in [9.17, 15) is 0 Å². The molecule has 0 aliphatic heterocycles. The van der Waals surface area contributed by atoms with Gasteiger partial charge in [-0.2, -0.15) is 5.10 Å². The molecule has 0 unspecified atom stereocenters. The van der Waals surface area contributed by atoms with Gasteiger partial charge in [0, 0.05) is 18.4 Å². The van der Waals surface area contributed by atoms with E-state index < -0.39 is 0 Å². The van der Waals surface area contributed by atoms with E-state index in [0.29, 0.717) is 5.11 Å². The van der Waals surface area contributed by atoms with Gasteiger partial charge < -0.3 is 10.6 Å². The third-order valence-electron chi connectivity index (χ3n) is 3.55. The van der Waals surface area contributed by atoms with Crippen molar-refractivity contribution in [3.8, 4) is 0 Å². The van der Waals surface area contributed by atoms with Gasteiger partial charge in [0.1, 0.15) is 0 Å². The zero-order chi connectivity index (χ0) is 15.9. The highest BCUT2D eigenvalue weighted by Gasteiger charge is 2.06. The minimum absolute atomic E-state index is 0.583. The Kier molecular flexibility index (Phi) is 5.95. The van der Waals surface area contributed by atoms with E-state index >= 15 is 0 Å². The van der Waals surface area contributed by atoms with Crippen molar-refractivity contribution in [1.29, 1.82) is 0 Å². The van der Waals surface area contributed by atoms with Crippen molar-refractivity contribution in [3.63, 3.8) is 0 Å². The Hall–Kier alpha value is -1.88. The third kappa shape index (κ3) is 4.56. The van der Waals surface area contributed by atoms with Crippen molar-refractivity contribution in [2.75, 3.05) is 10.6 Å². The minimum Gasteiger partial charge on any atom is -0.332 e. The van der Waals surface area contributed by atoms with Gasteiger partial charge in [-0.25, -0.2) is 0 Å². The monoisotopic (exact) mass is 316 g/mol. The van der Waals surface area contributed by atoms with E-state index in [0.717, 1.165) is 30.0 Å². The molecule has 22 heavy (non-hydrogen) atoms. The van der Waals surface area contributed by atoms with Crippen molar-refractivity contribution in [1.82, 2.24) is 9.78 Å². The van der Waals surface area contributed by atoms with Crippen molar-refractivity contribution in [2.24, 2.45) is 0 Å². The molecule has 0 amide bonds. The van der Waals surface area contributed by atoms with Crippen LogP contribution in [0, 0.1) is 6.92 Å². The van der Waals surface area contributed by atoms with Crippen LogP contribution < -0.4 is 10.6 Å². The average Bonchev–Trinajstić information content (AvgIpc) is 2.86. The van der Waals surface area contributed by atoms with Gasteiger partial charge in [0.25, 0.3) is 0 Å². The summed E-state index contributed by atoms with van der Waals surface area (Å²) >= 11 is 5.37. The molecule has 0 saturated heterocycles. The van der Waals surface area contributed by atoms with Crippen LogP contribution in [0.15, 0.2) is 30.5 Å². The summed E-state index contributed by atoms with van der Waals surface area (Å²) in [5.74, 6) is 0. The average molecular weight is 316 g/mol. The summed E-state index contributed by atoms with van der Waals surface area (Å²) in [4.78, 5) is 0. The summed E-state index contributed by atoms with van der Waals surface area (Å²) in [6.07, 6.45) is 5.55. The highest BCUT2D eigenvalue weighted by molar-refractivity contribution is 7.80. The number of aryl methyl sites for hydroxylation is 3. The van der Waals surface area contributed by atoms with Crippen LogP contribution in [-0.2, 0) is 13.0 Å². The van der Waals surface area contributed by atoms with Crippen LogP contribution in [0.4, 0.5) is 11.4 Å². The molecule has 2 N–H and O–H groups in total. The summed E-state index contributed by atoms with van der Waals surface area (Å²) in [7, 11) is 0. The highest BCUT2D eigenvalue weighted by Crippen LogP contribution is 2.15. The normalized spacial score (nSPS) is 10.5. The first kappa shape index (κ1) is 16.5. The predicted octanol–water partition coefficient (Wildman–Crippen LogP) is 4.36. The molecule has 1 aromatic heterocycles. The third-order valence-corrected chi connectivity index (χ3v) is 3.75. The van der Waals surface area contributed by atoms with Gasteiger partial charge >= 0.3 is 0 Å². The molecule has 0 fully saturated rings. The van der Waals surface area contributed by atoms with Crippen molar-refractivity contribution in [2.45, 2.75) is 46.6 Å². The molecule has 4 nitrogen and oxygen atoms in total. The van der Waals surface area contributed by atoms with E-state index in [1.54, 1.807) is 0 Å². The van der Waals surface area contributed by atoms with Crippen LogP contribution in [0.25, 0.3) is 0 Å². The zero-order valence-electron chi connectivity index (χ0n) is 13.5. The number of nitrogens with zero attached hydrogens (tertiary/aromatic N) is 2. The number of hydrogen-bond acceptors (Lipinski definition) is 2. The van der Waals surface area contributed by atoms with E-state index in [1.165, 1.54) is 18.4 Å². The molecule has 0 saturated carbocycles. The first-order chi connectivity index (χ1) is 10.6. The maximum Gasteiger partial charge on any atom is 0.175 e. The van der Waals surface area contributed by atoms with E-state index in [1.807, 2.05) is 17.8 Å². The summed E-state index contributed by atoms with van der Waals surface area (Å²) in [6.45, 7) is 7.09. The second kappa shape index (κ2) is 7.94. The highest BCUT2D eigenvalue weighted by atomic mass is 32.1. The first-order valence-corrected chi connectivity index (χ1v) is 8.24. The van der Waals surface area contributed by atoms with Gasteiger partial charge in [-0.3, -0.25) is 4.68 Å². The molecule has 5 heteroatoms. The van der Waals surface area contributed by atoms with Crippen molar-refractivity contribution < 1.29 is 0 Å². The number of aromatic nitrogens is 2. The number of rotatable bonds is 6. The number of benzene rings is 1. The molecule has 1 heterocycles. The molecule has 2 rings (SSSR count). The molecule has 0 radical (unpaired) electrons. The molecule has 118 valence electrons. The quantitative estimate of drug-likeness (QED) is 0.777. The lowest BCUT2D eigenvalue weighted by atomic mass is 10.1. The Bertz CT molecular complexity index is 616. The van der Waals surface area contributed by atoms with Crippen molar-refractivity contribution >= 4 is 28.7 Å². The maximum atomic E-state index is 5.37. The predicted molar refractivity (Wildman–Crippen MR) is 97.5 cm³/mol. The molecule has 0 aliphatic carbocycles. The van der Waals surface area contributed by atoms with E-state index in [4.69, 9.17) is 12.2 Å². The minimum atomic E-state index is 0.583. The Labute approximate surface area is 137 Å². The molecule has 0 bridgehead atoms. The topological polar surface area (TPSA) is 41.9 Å². The van der Waals surface area contributed by atoms with Crippen LogP contribution in [-0.4, -0.2) is 14.9 Å². The van der Waals surface area contributed by atoms with Crippen LogP contribution in [0.2, 0.25) is 0 Å². The van der Waals surface area contributed by atoms with Crippen LogP contribution in [0.3, 0.4) is 0 Å². The molecule has 0 spiro atoms. The Morgan fingerprint density at radius 1 is 1.18 bits per heavy atom. The van der Waals surface area contributed by atoms with Crippen LogP contribution in [0.1, 0.15) is 37.9 Å². The van der Waals surface area contributed by atoms with Crippen molar-refractivity contribution in [3.05, 3.63) is 41.7 Å². The molecule has 2 aromatic rings. The van der Waals surface area contributed by atoms with Gasteiger partial charge in [-0.05, 0) is 56.6 Å². The van der Waals surface area contributed by atoms with Gasteiger partial charge in [0.05, 0.1) is 11.4 Å². The Balaban J connectivity index is 1.92. The number of hydrogen-bond donors (Lipinski definition) is 2. The molecule has 0 atom stereocenters.